The maximum atomic E-state index is 12.6. The Bertz CT molecular complexity index is 2290. The molecule has 3 heterocycles. The normalized spacial score (nSPS) is 15.2. The number of ether oxygens (including phenoxy) is 1. The molecule has 2 unspecified atom stereocenters. The van der Waals surface area contributed by atoms with Gasteiger partial charge in [-0.05, 0) is 56.4 Å². The molecule has 0 spiro atoms. The topological polar surface area (TPSA) is 227 Å². The van der Waals surface area contributed by atoms with Crippen molar-refractivity contribution in [3.05, 3.63) is 84.8 Å². The summed E-state index contributed by atoms with van der Waals surface area (Å²) in [5, 5.41) is 17.3. The maximum absolute atomic E-state index is 12.6. The van der Waals surface area contributed by atoms with Gasteiger partial charge in [-0.2, -0.15) is 4.68 Å². The number of carboxylic acids is 1. The summed E-state index contributed by atoms with van der Waals surface area (Å²) in [6.45, 7) is 1.94. The largest absolute Gasteiger partial charge is 0.480 e. The zero-order chi connectivity index (χ0) is 40.0. The first-order valence-electron chi connectivity index (χ1n) is 16.3. The standard InChI is InChI=1S/C15H13Cl2N3O2.C14H12ClNO4S.C5H12NO4P/c1-2-7-22-13-9-12(10(16)8-11(13)17)20-15(21)19-6-4-3-5-14(19)18-20;1-21(18,19)12-6-9(15)4-5-10(12)13(17)11-7-16-20-14(11)8-2-3-8;1-11(9,10)3-2-4(6)5(7)8/h1,8-9H,3-7H2;4-8H,2-3H2,1H3;4H,2-3,6H2,1H3,(H,7,8)(H,9,10). The van der Waals surface area contributed by atoms with Crippen LogP contribution in [-0.2, 0) is 32.2 Å². The Morgan fingerprint density at radius 2 is 1.87 bits per heavy atom. The highest BCUT2D eigenvalue weighted by molar-refractivity contribution is 7.90. The molecule has 4 aromatic rings. The van der Waals surface area contributed by atoms with Crippen LogP contribution >= 0.6 is 42.2 Å². The number of terminal acetylenes is 1. The summed E-state index contributed by atoms with van der Waals surface area (Å²) in [6, 6.07) is 6.28. The Hall–Kier alpha value is -3.94. The summed E-state index contributed by atoms with van der Waals surface area (Å²) in [6.07, 6.45) is 12.3. The van der Waals surface area contributed by atoms with Crippen molar-refractivity contribution in [2.24, 2.45) is 5.73 Å². The molecule has 1 aliphatic heterocycles. The predicted octanol–water partition coefficient (Wildman–Crippen LogP) is 5.22. The third-order valence-corrected chi connectivity index (χ3v) is 11.1. The van der Waals surface area contributed by atoms with Crippen molar-refractivity contribution in [3.8, 4) is 23.8 Å². The van der Waals surface area contributed by atoms with E-state index in [2.05, 4.69) is 16.2 Å². The number of fused-ring (bicyclic) bond motifs is 1. The van der Waals surface area contributed by atoms with Crippen LogP contribution in [0.3, 0.4) is 0 Å². The van der Waals surface area contributed by atoms with E-state index in [0.717, 1.165) is 44.2 Å². The van der Waals surface area contributed by atoms with Gasteiger partial charge in [-0.15, -0.1) is 11.5 Å². The SMILES string of the molecule is C#CCOc1cc(-n2nc3n(c2=O)CCCC3)c(Cl)cc1Cl.CP(=O)(O)CCC(N)C(=O)O.CS(=O)(=O)c1cc(Cl)ccc1C(=O)c1cnoc1C1CC1. The number of carbonyl (C=O) groups excluding carboxylic acids is 1. The second-order valence-electron chi connectivity index (χ2n) is 12.6. The minimum Gasteiger partial charge on any atom is -0.480 e. The van der Waals surface area contributed by atoms with Crippen LogP contribution in [0.5, 0.6) is 5.75 Å². The van der Waals surface area contributed by atoms with Crippen LogP contribution in [0.25, 0.3) is 5.69 Å². The molecule has 20 heteroatoms. The number of nitrogens with two attached hydrogens (primary N) is 1. The van der Waals surface area contributed by atoms with E-state index in [1.165, 1.54) is 41.8 Å². The summed E-state index contributed by atoms with van der Waals surface area (Å²) in [5.74, 6) is 2.71. The molecule has 6 rings (SSSR count). The van der Waals surface area contributed by atoms with Crippen LogP contribution in [0.1, 0.15) is 65.5 Å². The number of aliphatic carboxylic acids is 1. The Kier molecular flexibility index (Phi) is 14.4. The number of aryl methyl sites for hydroxylation is 1. The minimum absolute atomic E-state index is 0.0412. The smallest absolute Gasteiger partial charge is 0.350 e. The van der Waals surface area contributed by atoms with Gasteiger partial charge >= 0.3 is 11.7 Å². The molecule has 1 fully saturated rings. The van der Waals surface area contributed by atoms with Gasteiger partial charge in [0.2, 0.25) is 0 Å². The third kappa shape index (κ3) is 11.3. The van der Waals surface area contributed by atoms with Gasteiger partial charge in [-0.1, -0.05) is 45.9 Å². The monoisotopic (exact) mass is 843 g/mol. The maximum Gasteiger partial charge on any atom is 0.350 e. The lowest BCUT2D eigenvalue weighted by Crippen LogP contribution is -2.30. The number of rotatable bonds is 11. The third-order valence-electron chi connectivity index (χ3n) is 8.06. The first-order chi connectivity index (χ1) is 25.3. The molecule has 0 amide bonds. The average molecular weight is 845 g/mol. The van der Waals surface area contributed by atoms with Crippen molar-refractivity contribution in [2.45, 2.75) is 61.9 Å². The first kappa shape index (κ1) is 42.8. The summed E-state index contributed by atoms with van der Waals surface area (Å²) < 4.78 is 47.8. The van der Waals surface area contributed by atoms with Crippen molar-refractivity contribution in [3.63, 3.8) is 0 Å². The fraction of sp³-hybridized carbons (Fsp3) is 0.382. The Morgan fingerprint density at radius 1 is 1.17 bits per heavy atom. The lowest BCUT2D eigenvalue weighted by molar-refractivity contribution is -0.138. The molecule has 0 radical (unpaired) electrons. The van der Waals surface area contributed by atoms with Gasteiger partial charge in [-0.25, -0.2) is 13.2 Å². The highest BCUT2D eigenvalue weighted by Crippen LogP contribution is 2.42. The van der Waals surface area contributed by atoms with E-state index < -0.39 is 35.0 Å². The van der Waals surface area contributed by atoms with E-state index in [1.807, 2.05) is 0 Å². The van der Waals surface area contributed by atoms with Crippen molar-refractivity contribution < 1.29 is 41.8 Å². The van der Waals surface area contributed by atoms with E-state index in [9.17, 15) is 27.4 Å². The molecule has 1 saturated carbocycles. The molecule has 2 atom stereocenters. The number of halogens is 3. The molecule has 2 aliphatic rings. The van der Waals surface area contributed by atoms with Crippen molar-refractivity contribution in [1.82, 2.24) is 19.5 Å². The summed E-state index contributed by atoms with van der Waals surface area (Å²) in [7, 11) is -6.67. The number of carbonyl (C=O) groups is 2. The van der Waals surface area contributed by atoms with Crippen LogP contribution in [0.2, 0.25) is 15.1 Å². The number of ketones is 1. The lowest BCUT2D eigenvalue weighted by atomic mass is 10.0. The van der Waals surface area contributed by atoms with Crippen LogP contribution in [0, 0.1) is 12.3 Å². The highest BCUT2D eigenvalue weighted by atomic mass is 35.5. The molecule has 15 nitrogen and oxygen atoms in total. The van der Waals surface area contributed by atoms with E-state index in [1.54, 1.807) is 10.6 Å². The number of sulfone groups is 1. The first-order valence-corrected chi connectivity index (χ1v) is 21.6. The average Bonchev–Trinajstić information content (AvgIpc) is 3.74. The lowest BCUT2D eigenvalue weighted by Gasteiger charge is -2.09. The number of carboxylic acid groups (broad SMARTS) is 1. The van der Waals surface area contributed by atoms with Crippen LogP contribution < -0.4 is 16.2 Å². The second-order valence-corrected chi connectivity index (χ2v) is 18.4. The second kappa shape index (κ2) is 18.1. The van der Waals surface area contributed by atoms with Gasteiger partial charge in [0.15, 0.2) is 28.7 Å². The number of benzene rings is 2. The molecule has 290 valence electrons. The Labute approximate surface area is 325 Å². The van der Waals surface area contributed by atoms with Crippen LogP contribution in [0.15, 0.2) is 50.7 Å². The Balaban J connectivity index is 0.000000191. The molecule has 1 aliphatic carbocycles. The zero-order valence-electron chi connectivity index (χ0n) is 29.1. The van der Waals surface area contributed by atoms with E-state index in [0.29, 0.717) is 39.4 Å². The van der Waals surface area contributed by atoms with E-state index >= 15 is 0 Å². The van der Waals surface area contributed by atoms with Gasteiger partial charge < -0.3 is 25.0 Å². The molecule has 2 aromatic carbocycles. The molecule has 4 N–H and O–H groups in total. The molecule has 54 heavy (non-hydrogen) atoms. The fourth-order valence-corrected chi connectivity index (χ4v) is 7.58. The van der Waals surface area contributed by atoms with Crippen LogP contribution in [-0.4, -0.2) is 81.4 Å². The van der Waals surface area contributed by atoms with Gasteiger partial charge in [0.25, 0.3) is 0 Å². The number of aromatic nitrogens is 4. The van der Waals surface area contributed by atoms with Crippen molar-refractivity contribution in [2.75, 3.05) is 25.7 Å². The number of hydrogen-bond donors (Lipinski definition) is 3. The van der Waals surface area contributed by atoms with Crippen molar-refractivity contribution in [1.29, 1.82) is 0 Å². The zero-order valence-corrected chi connectivity index (χ0v) is 33.1. The number of hydrogen-bond acceptors (Lipinski definition) is 11. The van der Waals surface area contributed by atoms with Gasteiger partial charge in [0.05, 0.1) is 32.4 Å². The minimum atomic E-state index is -3.57. The fourth-order valence-electron chi connectivity index (χ4n) is 5.16. The Morgan fingerprint density at radius 3 is 2.46 bits per heavy atom. The molecule has 0 saturated heterocycles. The quantitative estimate of drug-likeness (QED) is 0.100. The molecular weight excluding hydrogens is 808 g/mol. The summed E-state index contributed by atoms with van der Waals surface area (Å²) >= 11 is 18.1. The molecule has 2 aromatic heterocycles. The van der Waals surface area contributed by atoms with E-state index in [-0.39, 0.29) is 46.3 Å². The number of nitrogens with zero attached hydrogens (tertiary/aromatic N) is 4. The predicted molar refractivity (Wildman–Crippen MR) is 202 cm³/mol. The van der Waals surface area contributed by atoms with Gasteiger partial charge in [0.1, 0.15) is 24.2 Å². The highest BCUT2D eigenvalue weighted by Gasteiger charge is 2.34. The summed E-state index contributed by atoms with van der Waals surface area (Å²) in [4.78, 5) is 43.9. The summed E-state index contributed by atoms with van der Waals surface area (Å²) in [5.41, 5.74) is 5.73. The van der Waals surface area contributed by atoms with E-state index in [4.69, 9.17) is 66.2 Å². The van der Waals surface area contributed by atoms with Gasteiger partial charge in [-0.3, -0.25) is 18.7 Å². The van der Waals surface area contributed by atoms with Crippen LogP contribution in [0.4, 0.5) is 0 Å². The molecular formula is C34H37Cl3N5O10PS. The van der Waals surface area contributed by atoms with Gasteiger partial charge in [0, 0.05) is 54.6 Å². The molecule has 0 bridgehead atoms. The van der Waals surface area contributed by atoms with Crippen molar-refractivity contribution >= 4 is 63.8 Å².